The topological polar surface area (TPSA) is 87.8 Å². The van der Waals surface area contributed by atoms with Crippen LogP contribution < -0.4 is 15.6 Å². The maximum absolute atomic E-state index is 15.2. The smallest absolute Gasteiger partial charge is 0.289 e. The molecular weight excluding hydrogens is 439 g/mol. The Balaban J connectivity index is 1.62. The second-order valence-electron chi connectivity index (χ2n) is 8.52. The molecule has 34 heavy (non-hydrogen) atoms. The van der Waals surface area contributed by atoms with E-state index >= 15 is 4.39 Å². The third-order valence-electron chi connectivity index (χ3n) is 6.36. The summed E-state index contributed by atoms with van der Waals surface area (Å²) in [6, 6.07) is 6.10. The predicted octanol–water partition coefficient (Wildman–Crippen LogP) is 3.24. The molecule has 1 aromatic carbocycles. The lowest BCUT2D eigenvalue weighted by Crippen LogP contribution is -2.49. The van der Waals surface area contributed by atoms with Crippen molar-refractivity contribution in [2.75, 3.05) is 31.1 Å². The Morgan fingerprint density at radius 2 is 1.91 bits per heavy atom. The molecule has 0 bridgehead atoms. The molecule has 9 heteroatoms. The number of aryl methyl sites for hydroxylation is 1. The average molecular weight is 469 g/mol. The first kappa shape index (κ1) is 23.5. The summed E-state index contributed by atoms with van der Waals surface area (Å²) in [6.07, 6.45) is 3.74. The van der Waals surface area contributed by atoms with Gasteiger partial charge >= 0.3 is 0 Å². The number of furan rings is 1. The Kier molecular flexibility index (Phi) is 6.72. The number of hydrogen-bond acceptors (Lipinski definition) is 5. The minimum absolute atomic E-state index is 0.00635. The number of pyridine rings is 1. The highest BCUT2D eigenvalue weighted by molar-refractivity contribution is 5.98. The van der Waals surface area contributed by atoms with Gasteiger partial charge in [-0.25, -0.2) is 4.39 Å². The molecule has 4 rings (SSSR count). The summed E-state index contributed by atoms with van der Waals surface area (Å²) in [4.78, 5) is 41.8. The third-order valence-corrected chi connectivity index (χ3v) is 6.36. The molecule has 1 N–H and O–H groups in total. The minimum atomic E-state index is -0.530. The van der Waals surface area contributed by atoms with Gasteiger partial charge in [0.1, 0.15) is 11.4 Å². The summed E-state index contributed by atoms with van der Waals surface area (Å²) < 4.78 is 22.2. The number of hydrogen-bond donors (Lipinski definition) is 1. The van der Waals surface area contributed by atoms with E-state index in [1.54, 1.807) is 33.9 Å². The molecule has 2 amide bonds. The molecule has 0 unspecified atom stereocenters. The number of nitrogens with one attached hydrogen (secondary N) is 1. The number of rotatable bonds is 6. The number of piperazine rings is 1. The van der Waals surface area contributed by atoms with Gasteiger partial charge in [-0.15, -0.1) is 0 Å². The standard InChI is InChI=1S/C25H29FN4O4/c1-4-16(3)27-24(32)18-15-28(5-2)20-14-21(19(26)13-17(20)23(18)31)29-8-10-30(11-9-29)25(33)22-7-6-12-34-22/h6-7,12-16H,4-5,8-11H2,1-3H3,(H,27,32)/t16-/m0/s1. The summed E-state index contributed by atoms with van der Waals surface area (Å²) in [5, 5.41) is 2.98. The van der Waals surface area contributed by atoms with Gasteiger partial charge < -0.3 is 24.1 Å². The van der Waals surface area contributed by atoms with Crippen molar-refractivity contribution in [3.05, 3.63) is 64.1 Å². The number of halogens is 1. The maximum atomic E-state index is 15.2. The summed E-state index contributed by atoms with van der Waals surface area (Å²) in [5.74, 6) is -0.889. The molecule has 0 spiro atoms. The summed E-state index contributed by atoms with van der Waals surface area (Å²) in [5.41, 5.74) is 0.459. The molecule has 1 fully saturated rings. The number of anilines is 1. The highest BCUT2D eigenvalue weighted by Gasteiger charge is 2.26. The van der Waals surface area contributed by atoms with E-state index in [0.29, 0.717) is 43.9 Å². The van der Waals surface area contributed by atoms with Crippen molar-refractivity contribution < 1.29 is 18.4 Å². The van der Waals surface area contributed by atoms with E-state index in [4.69, 9.17) is 4.42 Å². The number of fused-ring (bicyclic) bond motifs is 1. The fourth-order valence-corrected chi connectivity index (χ4v) is 4.18. The summed E-state index contributed by atoms with van der Waals surface area (Å²) in [7, 11) is 0. The zero-order valence-electron chi connectivity index (χ0n) is 19.6. The van der Waals surface area contributed by atoms with Crippen LogP contribution in [0.3, 0.4) is 0 Å². The highest BCUT2D eigenvalue weighted by atomic mass is 19.1. The first-order valence-corrected chi connectivity index (χ1v) is 11.6. The Morgan fingerprint density at radius 3 is 2.53 bits per heavy atom. The number of nitrogens with zero attached hydrogens (tertiary/aromatic N) is 3. The number of amides is 2. The van der Waals surface area contributed by atoms with Crippen molar-refractivity contribution in [2.24, 2.45) is 0 Å². The number of carbonyl (C=O) groups excluding carboxylic acids is 2. The van der Waals surface area contributed by atoms with Gasteiger partial charge in [-0.1, -0.05) is 6.92 Å². The Morgan fingerprint density at radius 1 is 1.18 bits per heavy atom. The molecule has 1 atom stereocenters. The second kappa shape index (κ2) is 9.70. The van der Waals surface area contributed by atoms with Crippen molar-refractivity contribution in [1.82, 2.24) is 14.8 Å². The van der Waals surface area contributed by atoms with E-state index in [1.807, 2.05) is 25.7 Å². The maximum Gasteiger partial charge on any atom is 0.289 e. The molecule has 3 heterocycles. The minimum Gasteiger partial charge on any atom is -0.459 e. The second-order valence-corrected chi connectivity index (χ2v) is 8.52. The van der Waals surface area contributed by atoms with Crippen LogP contribution in [0.2, 0.25) is 0 Å². The van der Waals surface area contributed by atoms with E-state index in [9.17, 15) is 14.4 Å². The lowest BCUT2D eigenvalue weighted by atomic mass is 10.1. The lowest BCUT2D eigenvalue weighted by Gasteiger charge is -2.36. The SMILES string of the molecule is CC[C@H](C)NC(=O)c1cn(CC)c2cc(N3CCN(C(=O)c4ccco4)CC3)c(F)cc2c1=O. The van der Waals surface area contributed by atoms with Crippen LogP contribution in [0.4, 0.5) is 10.1 Å². The predicted molar refractivity (Wildman–Crippen MR) is 128 cm³/mol. The molecule has 8 nitrogen and oxygen atoms in total. The van der Waals surface area contributed by atoms with Crippen molar-refractivity contribution >= 4 is 28.4 Å². The van der Waals surface area contributed by atoms with Gasteiger partial charge in [0, 0.05) is 50.3 Å². The van der Waals surface area contributed by atoms with Crippen molar-refractivity contribution in [3.8, 4) is 0 Å². The Bertz CT molecular complexity index is 1260. The van der Waals surface area contributed by atoms with Crippen LogP contribution in [-0.2, 0) is 6.54 Å². The van der Waals surface area contributed by atoms with Crippen molar-refractivity contribution in [1.29, 1.82) is 0 Å². The van der Waals surface area contributed by atoms with E-state index in [1.165, 1.54) is 12.3 Å². The zero-order valence-corrected chi connectivity index (χ0v) is 19.6. The van der Waals surface area contributed by atoms with Gasteiger partial charge in [0.2, 0.25) is 5.43 Å². The molecule has 0 aliphatic carbocycles. The molecule has 2 aromatic heterocycles. The highest BCUT2D eigenvalue weighted by Crippen LogP contribution is 2.26. The van der Waals surface area contributed by atoms with Gasteiger partial charge in [0.15, 0.2) is 5.76 Å². The zero-order chi connectivity index (χ0) is 24.4. The molecule has 1 aliphatic rings. The first-order valence-electron chi connectivity index (χ1n) is 11.6. The lowest BCUT2D eigenvalue weighted by molar-refractivity contribution is 0.0714. The van der Waals surface area contributed by atoms with E-state index in [2.05, 4.69) is 5.32 Å². The quantitative estimate of drug-likeness (QED) is 0.600. The average Bonchev–Trinajstić information content (AvgIpc) is 3.39. The molecule has 3 aromatic rings. The Labute approximate surface area is 196 Å². The van der Waals surface area contributed by atoms with Gasteiger partial charge in [0.25, 0.3) is 11.8 Å². The fraction of sp³-hybridized carbons (Fsp3) is 0.400. The molecule has 180 valence electrons. The van der Waals surface area contributed by atoms with Crippen LogP contribution in [0.25, 0.3) is 10.9 Å². The first-order chi connectivity index (χ1) is 16.3. The molecule has 0 saturated carbocycles. The number of benzene rings is 1. The van der Waals surface area contributed by atoms with Crippen molar-refractivity contribution in [2.45, 2.75) is 39.8 Å². The van der Waals surface area contributed by atoms with Gasteiger partial charge in [-0.05, 0) is 44.5 Å². The van der Waals surface area contributed by atoms with Gasteiger partial charge in [0.05, 0.1) is 17.5 Å². The normalized spacial score (nSPS) is 14.9. The van der Waals surface area contributed by atoms with E-state index < -0.39 is 17.2 Å². The number of carbonyl (C=O) groups is 2. The van der Waals surface area contributed by atoms with Gasteiger partial charge in [-0.3, -0.25) is 14.4 Å². The van der Waals surface area contributed by atoms with Crippen LogP contribution in [0, 0.1) is 5.82 Å². The van der Waals surface area contributed by atoms with E-state index in [0.717, 1.165) is 6.42 Å². The third kappa shape index (κ3) is 4.42. The van der Waals surface area contributed by atoms with Crippen molar-refractivity contribution in [3.63, 3.8) is 0 Å². The fourth-order valence-electron chi connectivity index (χ4n) is 4.18. The van der Waals surface area contributed by atoms with Crippen LogP contribution in [0.1, 0.15) is 48.1 Å². The summed E-state index contributed by atoms with van der Waals surface area (Å²) in [6.45, 7) is 7.96. The molecule has 1 aliphatic heterocycles. The number of aromatic nitrogens is 1. The summed E-state index contributed by atoms with van der Waals surface area (Å²) >= 11 is 0. The van der Waals surface area contributed by atoms with E-state index in [-0.39, 0.29) is 28.7 Å². The monoisotopic (exact) mass is 468 g/mol. The molecule has 1 saturated heterocycles. The molecular formula is C25H29FN4O4. The van der Waals surface area contributed by atoms with Gasteiger partial charge in [-0.2, -0.15) is 0 Å². The van der Waals surface area contributed by atoms with Crippen LogP contribution in [0.5, 0.6) is 0 Å². The largest absolute Gasteiger partial charge is 0.459 e. The van der Waals surface area contributed by atoms with Crippen LogP contribution in [-0.4, -0.2) is 53.5 Å². The van der Waals surface area contributed by atoms with Crippen LogP contribution in [0.15, 0.2) is 45.9 Å². The van der Waals surface area contributed by atoms with Crippen LogP contribution >= 0.6 is 0 Å². The Hall–Kier alpha value is -3.62. The molecule has 0 radical (unpaired) electrons.